The number of carbonyl (C=O) groups excluding carboxylic acids is 1. The summed E-state index contributed by atoms with van der Waals surface area (Å²) in [6, 6.07) is 9.98. The molecule has 162 valence electrons. The van der Waals surface area contributed by atoms with E-state index in [1.165, 1.54) is 31.4 Å². The summed E-state index contributed by atoms with van der Waals surface area (Å²) in [6.07, 6.45) is 0.935. The van der Waals surface area contributed by atoms with E-state index in [2.05, 4.69) is 5.32 Å². The van der Waals surface area contributed by atoms with E-state index in [0.717, 1.165) is 16.6 Å². The first-order valence-corrected chi connectivity index (χ1v) is 10.7. The molecule has 0 atom stereocenters. The maximum absolute atomic E-state index is 12.5. The summed E-state index contributed by atoms with van der Waals surface area (Å²) < 4.78 is 36.1. The van der Waals surface area contributed by atoms with Crippen molar-refractivity contribution in [1.82, 2.24) is 0 Å². The second-order valence-corrected chi connectivity index (χ2v) is 8.53. The van der Waals surface area contributed by atoms with Gasteiger partial charge in [0, 0.05) is 12.1 Å². The number of hydrogen-bond acceptors (Lipinski definition) is 7. The van der Waals surface area contributed by atoms with Crippen LogP contribution < -0.4 is 19.1 Å². The number of rotatable bonds is 9. The summed E-state index contributed by atoms with van der Waals surface area (Å²) in [6.45, 7) is 3.20. The van der Waals surface area contributed by atoms with Crippen molar-refractivity contribution in [3.63, 3.8) is 0 Å². The molecule has 0 aliphatic heterocycles. The van der Waals surface area contributed by atoms with E-state index in [9.17, 15) is 23.3 Å². The Bertz CT molecular complexity index is 1020. The van der Waals surface area contributed by atoms with Crippen LogP contribution in [0.25, 0.3) is 0 Å². The zero-order valence-electron chi connectivity index (χ0n) is 17.0. The average molecular weight is 437 g/mol. The Morgan fingerprint density at radius 3 is 2.33 bits per heavy atom. The van der Waals surface area contributed by atoms with Gasteiger partial charge in [0.15, 0.2) is 0 Å². The molecule has 0 unspecified atom stereocenters. The number of amides is 1. The standard InChI is InChI=1S/C19H23N3O7S/c1-13(2)29-16-8-5-14(6-9-16)21(30(4,26)27)12-19(23)20-17-11-15(22(24)25)7-10-18(17)28-3/h5-11,13H,12H2,1-4H3,(H,20,23). The molecule has 2 rings (SSSR count). The van der Waals surface area contributed by atoms with Crippen LogP contribution in [0, 0.1) is 10.1 Å². The molecule has 10 nitrogen and oxygen atoms in total. The maximum atomic E-state index is 12.5. The van der Waals surface area contributed by atoms with Crippen LogP contribution in [-0.2, 0) is 14.8 Å². The van der Waals surface area contributed by atoms with Gasteiger partial charge in [-0.2, -0.15) is 0 Å². The van der Waals surface area contributed by atoms with Gasteiger partial charge < -0.3 is 14.8 Å². The molecule has 1 amide bonds. The van der Waals surface area contributed by atoms with Gasteiger partial charge in [0.25, 0.3) is 5.69 Å². The Balaban J connectivity index is 2.25. The van der Waals surface area contributed by atoms with Crippen LogP contribution in [-0.4, -0.2) is 45.3 Å². The molecular formula is C19H23N3O7S. The van der Waals surface area contributed by atoms with Gasteiger partial charge in [-0.1, -0.05) is 0 Å². The number of anilines is 2. The Morgan fingerprint density at radius 2 is 1.83 bits per heavy atom. The summed E-state index contributed by atoms with van der Waals surface area (Å²) in [5.74, 6) is 0.0738. The number of nitro benzene ring substituents is 1. The summed E-state index contributed by atoms with van der Waals surface area (Å²) in [4.78, 5) is 22.9. The molecule has 0 saturated heterocycles. The summed E-state index contributed by atoms with van der Waals surface area (Å²) in [5, 5.41) is 13.4. The predicted octanol–water partition coefficient (Wildman–Crippen LogP) is 2.80. The van der Waals surface area contributed by atoms with Crippen molar-refractivity contribution in [2.45, 2.75) is 20.0 Å². The van der Waals surface area contributed by atoms with Gasteiger partial charge in [0.1, 0.15) is 18.0 Å². The molecule has 0 aliphatic carbocycles. The molecule has 0 saturated carbocycles. The zero-order chi connectivity index (χ0) is 22.5. The van der Waals surface area contributed by atoms with E-state index < -0.39 is 27.4 Å². The molecular weight excluding hydrogens is 414 g/mol. The number of methoxy groups -OCH3 is 1. The Morgan fingerprint density at radius 1 is 1.20 bits per heavy atom. The number of nitrogens with zero attached hydrogens (tertiary/aromatic N) is 2. The molecule has 1 N–H and O–H groups in total. The molecule has 30 heavy (non-hydrogen) atoms. The molecule has 0 heterocycles. The van der Waals surface area contributed by atoms with Crippen LogP contribution in [0.2, 0.25) is 0 Å². The lowest BCUT2D eigenvalue weighted by Gasteiger charge is -2.22. The predicted molar refractivity (Wildman–Crippen MR) is 113 cm³/mol. The number of sulfonamides is 1. The number of benzene rings is 2. The summed E-state index contributed by atoms with van der Waals surface area (Å²) in [7, 11) is -2.44. The Kier molecular flexibility index (Phi) is 7.22. The van der Waals surface area contributed by atoms with E-state index in [0.29, 0.717) is 5.75 Å². The van der Waals surface area contributed by atoms with Crippen molar-refractivity contribution >= 4 is 33.0 Å². The van der Waals surface area contributed by atoms with Gasteiger partial charge >= 0.3 is 0 Å². The first-order chi connectivity index (χ1) is 14.0. The van der Waals surface area contributed by atoms with E-state index in [-0.39, 0.29) is 28.9 Å². The number of nitro groups is 1. The fourth-order valence-corrected chi connectivity index (χ4v) is 3.45. The Labute approximate surface area is 174 Å². The van der Waals surface area contributed by atoms with Crippen LogP contribution in [0.15, 0.2) is 42.5 Å². The van der Waals surface area contributed by atoms with Crippen molar-refractivity contribution in [3.8, 4) is 11.5 Å². The lowest BCUT2D eigenvalue weighted by atomic mass is 10.2. The van der Waals surface area contributed by atoms with Gasteiger partial charge in [-0.3, -0.25) is 19.2 Å². The SMILES string of the molecule is COc1ccc([N+](=O)[O-])cc1NC(=O)CN(c1ccc(OC(C)C)cc1)S(C)(=O)=O. The van der Waals surface area contributed by atoms with Gasteiger partial charge in [-0.15, -0.1) is 0 Å². The fraction of sp³-hybridized carbons (Fsp3) is 0.316. The summed E-state index contributed by atoms with van der Waals surface area (Å²) >= 11 is 0. The quantitative estimate of drug-likeness (QED) is 0.472. The third-order valence-corrected chi connectivity index (χ3v) is 4.99. The van der Waals surface area contributed by atoms with Crippen molar-refractivity contribution in [2.24, 2.45) is 0 Å². The van der Waals surface area contributed by atoms with Crippen molar-refractivity contribution in [2.75, 3.05) is 29.5 Å². The van der Waals surface area contributed by atoms with Crippen LogP contribution in [0.3, 0.4) is 0 Å². The van der Waals surface area contributed by atoms with E-state index in [1.807, 2.05) is 13.8 Å². The first kappa shape index (κ1) is 22.9. The first-order valence-electron chi connectivity index (χ1n) is 8.88. The molecule has 0 aliphatic rings. The summed E-state index contributed by atoms with van der Waals surface area (Å²) in [5.41, 5.74) is 0.0902. The van der Waals surface area contributed by atoms with Crippen LogP contribution in [0.1, 0.15) is 13.8 Å². The van der Waals surface area contributed by atoms with Gasteiger partial charge in [-0.05, 0) is 44.2 Å². The van der Waals surface area contributed by atoms with Gasteiger partial charge in [-0.25, -0.2) is 8.42 Å². The highest BCUT2D eigenvalue weighted by atomic mass is 32.2. The molecule has 2 aromatic rings. The Hall–Kier alpha value is -3.34. The molecule has 2 aromatic carbocycles. The lowest BCUT2D eigenvalue weighted by Crippen LogP contribution is -2.37. The van der Waals surface area contributed by atoms with Crippen molar-refractivity contribution in [3.05, 3.63) is 52.6 Å². The number of carbonyl (C=O) groups is 1. The van der Waals surface area contributed by atoms with Crippen LogP contribution >= 0.6 is 0 Å². The van der Waals surface area contributed by atoms with Crippen LogP contribution in [0.5, 0.6) is 11.5 Å². The minimum Gasteiger partial charge on any atom is -0.495 e. The van der Waals surface area contributed by atoms with E-state index in [1.54, 1.807) is 12.1 Å². The molecule has 0 aromatic heterocycles. The number of hydrogen-bond donors (Lipinski definition) is 1. The lowest BCUT2D eigenvalue weighted by molar-refractivity contribution is -0.384. The van der Waals surface area contributed by atoms with Crippen molar-refractivity contribution < 1.29 is 27.6 Å². The molecule has 0 bridgehead atoms. The second kappa shape index (κ2) is 9.44. The molecule has 11 heteroatoms. The second-order valence-electron chi connectivity index (χ2n) is 6.62. The van der Waals surface area contributed by atoms with Crippen molar-refractivity contribution in [1.29, 1.82) is 0 Å². The topological polar surface area (TPSA) is 128 Å². The number of non-ortho nitro benzene ring substituents is 1. The van der Waals surface area contributed by atoms with Gasteiger partial charge in [0.05, 0.1) is 35.8 Å². The number of nitrogens with one attached hydrogen (secondary N) is 1. The normalized spacial score (nSPS) is 11.1. The zero-order valence-corrected chi connectivity index (χ0v) is 17.8. The molecule has 0 fully saturated rings. The van der Waals surface area contributed by atoms with Crippen LogP contribution in [0.4, 0.5) is 17.1 Å². The largest absolute Gasteiger partial charge is 0.495 e. The fourth-order valence-electron chi connectivity index (χ4n) is 2.59. The van der Waals surface area contributed by atoms with Gasteiger partial charge in [0.2, 0.25) is 15.9 Å². The minimum atomic E-state index is -3.79. The number of ether oxygens (including phenoxy) is 2. The average Bonchev–Trinajstić information content (AvgIpc) is 2.65. The third-order valence-electron chi connectivity index (χ3n) is 3.85. The van der Waals surface area contributed by atoms with E-state index in [4.69, 9.17) is 9.47 Å². The monoisotopic (exact) mass is 437 g/mol. The highest BCUT2D eigenvalue weighted by Gasteiger charge is 2.22. The highest BCUT2D eigenvalue weighted by Crippen LogP contribution is 2.29. The maximum Gasteiger partial charge on any atom is 0.271 e. The minimum absolute atomic E-state index is 0.0439. The molecule has 0 radical (unpaired) electrons. The smallest absolute Gasteiger partial charge is 0.271 e. The highest BCUT2D eigenvalue weighted by molar-refractivity contribution is 7.92. The third kappa shape index (κ3) is 6.08. The van der Waals surface area contributed by atoms with E-state index >= 15 is 0 Å². The molecule has 0 spiro atoms.